The van der Waals surface area contributed by atoms with E-state index in [2.05, 4.69) is 25.9 Å². The van der Waals surface area contributed by atoms with Crippen LogP contribution in [0.5, 0.6) is 0 Å². The van der Waals surface area contributed by atoms with Crippen LogP contribution >= 0.6 is 27.5 Å². The summed E-state index contributed by atoms with van der Waals surface area (Å²) in [5.41, 5.74) is 1.85. The Hall–Kier alpha value is -1.65. The zero-order valence-electron chi connectivity index (χ0n) is 9.79. The van der Waals surface area contributed by atoms with Crippen molar-refractivity contribution < 1.29 is 0 Å². The third-order valence-corrected chi connectivity index (χ3v) is 3.47. The normalized spacial score (nSPS) is 10.6. The molecule has 0 saturated heterocycles. The highest BCUT2D eigenvalue weighted by molar-refractivity contribution is 9.10. The van der Waals surface area contributed by atoms with Crippen LogP contribution in [0.3, 0.4) is 0 Å². The number of halogens is 2. The molecule has 0 saturated carbocycles. The number of hydrogen-bond acceptors (Lipinski definition) is 2. The molecule has 0 aliphatic carbocycles. The summed E-state index contributed by atoms with van der Waals surface area (Å²) in [7, 11) is 0. The predicted octanol–water partition coefficient (Wildman–Crippen LogP) is 4.35. The molecule has 0 atom stereocenters. The van der Waals surface area contributed by atoms with E-state index in [1.807, 2.05) is 47.0 Å². The Labute approximate surface area is 124 Å². The molecule has 0 fully saturated rings. The van der Waals surface area contributed by atoms with Crippen molar-refractivity contribution in [2.45, 2.75) is 0 Å². The summed E-state index contributed by atoms with van der Waals surface area (Å²) in [5.74, 6) is 0.779. The van der Waals surface area contributed by atoms with E-state index < -0.39 is 0 Å². The largest absolute Gasteiger partial charge is 0.281 e. The molecule has 3 nitrogen and oxygen atoms in total. The molecule has 0 aliphatic heterocycles. The third kappa shape index (κ3) is 2.41. The molecule has 0 spiro atoms. The Morgan fingerprint density at radius 3 is 2.47 bits per heavy atom. The van der Waals surface area contributed by atoms with Gasteiger partial charge in [-0.25, -0.2) is 9.97 Å². The number of rotatable bonds is 2. The molecule has 0 radical (unpaired) electrons. The van der Waals surface area contributed by atoms with Gasteiger partial charge in [0.2, 0.25) is 0 Å². The lowest BCUT2D eigenvalue weighted by molar-refractivity contribution is 0.997. The average molecular weight is 335 g/mol. The zero-order chi connectivity index (χ0) is 13.2. The standard InChI is InChI=1S/C14H9BrClN3/c15-11-6-7-12(17-8-11)19-9-18-14(16)13(19)10-4-2-1-3-5-10/h1-9H. The fraction of sp³-hybridized carbons (Fsp3) is 0. The maximum Gasteiger partial charge on any atom is 0.155 e. The molecular formula is C14H9BrClN3. The fourth-order valence-corrected chi connectivity index (χ4v) is 2.34. The monoisotopic (exact) mass is 333 g/mol. The van der Waals surface area contributed by atoms with E-state index >= 15 is 0 Å². The molecule has 94 valence electrons. The van der Waals surface area contributed by atoms with Gasteiger partial charge in [-0.3, -0.25) is 4.57 Å². The van der Waals surface area contributed by atoms with E-state index in [1.165, 1.54) is 0 Å². The summed E-state index contributed by atoms with van der Waals surface area (Å²) in [4.78, 5) is 8.53. The van der Waals surface area contributed by atoms with E-state index in [0.717, 1.165) is 21.5 Å². The summed E-state index contributed by atoms with van der Waals surface area (Å²) in [6.07, 6.45) is 3.43. The van der Waals surface area contributed by atoms with Gasteiger partial charge in [0, 0.05) is 16.2 Å². The Morgan fingerprint density at radius 1 is 1.00 bits per heavy atom. The predicted molar refractivity (Wildman–Crippen MR) is 79.5 cm³/mol. The lowest BCUT2D eigenvalue weighted by atomic mass is 10.2. The van der Waals surface area contributed by atoms with Crippen LogP contribution in [0.15, 0.2) is 59.5 Å². The molecule has 1 aromatic carbocycles. The summed E-state index contributed by atoms with van der Waals surface area (Å²) in [6.45, 7) is 0. The lowest BCUT2D eigenvalue weighted by Gasteiger charge is -2.07. The Kier molecular flexibility index (Phi) is 3.36. The number of pyridine rings is 1. The van der Waals surface area contributed by atoms with E-state index in [9.17, 15) is 0 Å². The summed E-state index contributed by atoms with van der Waals surface area (Å²) >= 11 is 9.56. The molecule has 0 bridgehead atoms. The van der Waals surface area contributed by atoms with Crippen LogP contribution in [0.1, 0.15) is 0 Å². The second-order valence-corrected chi connectivity index (χ2v) is 5.23. The van der Waals surface area contributed by atoms with Crippen LogP contribution in [-0.2, 0) is 0 Å². The molecule has 0 unspecified atom stereocenters. The smallest absolute Gasteiger partial charge is 0.155 e. The van der Waals surface area contributed by atoms with Crippen molar-refractivity contribution in [3.63, 3.8) is 0 Å². The minimum atomic E-state index is 0.468. The second kappa shape index (κ2) is 5.15. The van der Waals surface area contributed by atoms with Gasteiger partial charge in [0.05, 0.1) is 5.69 Å². The Morgan fingerprint density at radius 2 is 1.79 bits per heavy atom. The quantitative estimate of drug-likeness (QED) is 0.697. The first-order chi connectivity index (χ1) is 9.25. The van der Waals surface area contributed by atoms with Crippen molar-refractivity contribution in [3.05, 3.63) is 64.6 Å². The minimum Gasteiger partial charge on any atom is -0.281 e. The highest BCUT2D eigenvalue weighted by Crippen LogP contribution is 2.28. The number of hydrogen-bond donors (Lipinski definition) is 0. The van der Waals surface area contributed by atoms with Crippen LogP contribution in [0.25, 0.3) is 17.1 Å². The summed E-state index contributed by atoms with van der Waals surface area (Å²) in [6, 6.07) is 13.8. The SMILES string of the molecule is Clc1ncn(-c2ccc(Br)cn2)c1-c1ccccc1. The van der Waals surface area contributed by atoms with Crippen molar-refractivity contribution in [1.29, 1.82) is 0 Å². The van der Waals surface area contributed by atoms with Crippen LogP contribution in [0.2, 0.25) is 5.15 Å². The highest BCUT2D eigenvalue weighted by atomic mass is 79.9. The second-order valence-electron chi connectivity index (χ2n) is 3.95. The van der Waals surface area contributed by atoms with Crippen LogP contribution in [0.4, 0.5) is 0 Å². The van der Waals surface area contributed by atoms with Gasteiger partial charge < -0.3 is 0 Å². The van der Waals surface area contributed by atoms with E-state index in [0.29, 0.717) is 5.15 Å². The molecule has 0 amide bonds. The number of nitrogens with zero attached hydrogens (tertiary/aromatic N) is 3. The molecule has 5 heteroatoms. The molecule has 3 aromatic rings. The first kappa shape index (κ1) is 12.4. The average Bonchev–Trinajstić information content (AvgIpc) is 2.82. The van der Waals surface area contributed by atoms with Crippen molar-refractivity contribution in [3.8, 4) is 17.1 Å². The first-order valence-electron chi connectivity index (χ1n) is 5.66. The molecular weight excluding hydrogens is 326 g/mol. The third-order valence-electron chi connectivity index (χ3n) is 2.73. The Bertz CT molecular complexity index is 692. The van der Waals surface area contributed by atoms with Crippen molar-refractivity contribution >= 4 is 27.5 Å². The molecule has 2 aromatic heterocycles. The van der Waals surface area contributed by atoms with Crippen LogP contribution < -0.4 is 0 Å². The topological polar surface area (TPSA) is 30.7 Å². The van der Waals surface area contributed by atoms with Gasteiger partial charge in [-0.2, -0.15) is 0 Å². The minimum absolute atomic E-state index is 0.468. The van der Waals surface area contributed by atoms with Gasteiger partial charge >= 0.3 is 0 Å². The zero-order valence-corrected chi connectivity index (χ0v) is 12.1. The van der Waals surface area contributed by atoms with Gasteiger partial charge in [0.15, 0.2) is 5.15 Å². The van der Waals surface area contributed by atoms with E-state index in [-0.39, 0.29) is 0 Å². The summed E-state index contributed by atoms with van der Waals surface area (Å²) < 4.78 is 2.81. The maximum absolute atomic E-state index is 6.19. The van der Waals surface area contributed by atoms with Crippen LogP contribution in [0, 0.1) is 0 Å². The van der Waals surface area contributed by atoms with E-state index in [1.54, 1.807) is 12.5 Å². The lowest BCUT2D eigenvalue weighted by Crippen LogP contribution is -1.97. The number of imidazole rings is 1. The molecule has 0 N–H and O–H groups in total. The number of aromatic nitrogens is 3. The van der Waals surface area contributed by atoms with E-state index in [4.69, 9.17) is 11.6 Å². The Balaban J connectivity index is 2.16. The van der Waals surface area contributed by atoms with Gasteiger partial charge in [-0.15, -0.1) is 0 Å². The maximum atomic E-state index is 6.19. The van der Waals surface area contributed by atoms with Gasteiger partial charge in [-0.05, 0) is 28.1 Å². The van der Waals surface area contributed by atoms with Gasteiger partial charge in [0.25, 0.3) is 0 Å². The van der Waals surface area contributed by atoms with Crippen LogP contribution in [-0.4, -0.2) is 14.5 Å². The van der Waals surface area contributed by atoms with Gasteiger partial charge in [-0.1, -0.05) is 41.9 Å². The molecule has 3 rings (SSSR count). The molecule has 19 heavy (non-hydrogen) atoms. The van der Waals surface area contributed by atoms with Crippen molar-refractivity contribution in [2.24, 2.45) is 0 Å². The molecule has 2 heterocycles. The van der Waals surface area contributed by atoms with Crippen molar-refractivity contribution in [1.82, 2.24) is 14.5 Å². The van der Waals surface area contributed by atoms with Gasteiger partial charge in [0.1, 0.15) is 12.1 Å². The number of benzene rings is 1. The fourth-order valence-electron chi connectivity index (χ4n) is 1.87. The highest BCUT2D eigenvalue weighted by Gasteiger charge is 2.13. The first-order valence-corrected chi connectivity index (χ1v) is 6.83. The molecule has 0 aliphatic rings. The summed E-state index contributed by atoms with van der Waals surface area (Å²) in [5, 5.41) is 0.468. The van der Waals surface area contributed by atoms with Crippen molar-refractivity contribution in [2.75, 3.05) is 0 Å².